The van der Waals surface area contributed by atoms with Crippen molar-refractivity contribution in [2.75, 3.05) is 19.7 Å². The average molecular weight is 614 g/mol. The van der Waals surface area contributed by atoms with Gasteiger partial charge in [-0.2, -0.15) is 0 Å². The molecule has 0 bridgehead atoms. The smallest absolute Gasteiger partial charge is 0.360 e. The largest absolute Gasteiger partial charge is 0.461 e. The zero-order valence-electron chi connectivity index (χ0n) is 26.3. The van der Waals surface area contributed by atoms with E-state index in [1.54, 1.807) is 6.92 Å². The van der Waals surface area contributed by atoms with Gasteiger partial charge in [0.1, 0.15) is 12.1 Å². The molecule has 2 aromatic heterocycles. The number of fused-ring (bicyclic) bond motifs is 1. The molecule has 10 nitrogen and oxygen atoms in total. The van der Waals surface area contributed by atoms with Crippen LogP contribution in [0.3, 0.4) is 0 Å². The SMILES string of the molecule is CCOC(=O)c1nc([C@@H](Cc2c[nH]c3ccccc23)NC(=O)[C@H](CC(C)C)NC(=O)N2CCCCCC2)oc1-c1ccccc1. The Morgan fingerprint density at radius 2 is 1.69 bits per heavy atom. The Hall–Kier alpha value is -4.60. The fourth-order valence-corrected chi connectivity index (χ4v) is 5.82. The number of nitrogens with zero attached hydrogens (tertiary/aromatic N) is 2. The molecule has 5 rings (SSSR count). The molecule has 45 heavy (non-hydrogen) atoms. The number of hydrogen-bond acceptors (Lipinski definition) is 6. The van der Waals surface area contributed by atoms with Crippen molar-refractivity contribution in [3.8, 4) is 11.3 Å². The molecule has 2 aromatic carbocycles. The summed E-state index contributed by atoms with van der Waals surface area (Å²) < 4.78 is 11.6. The van der Waals surface area contributed by atoms with E-state index in [-0.39, 0.29) is 41.8 Å². The molecule has 0 radical (unpaired) electrons. The number of nitrogens with one attached hydrogen (secondary N) is 3. The molecule has 0 saturated carbocycles. The van der Waals surface area contributed by atoms with Gasteiger partial charge in [-0.3, -0.25) is 4.79 Å². The Morgan fingerprint density at radius 3 is 2.40 bits per heavy atom. The summed E-state index contributed by atoms with van der Waals surface area (Å²) in [5, 5.41) is 7.15. The number of H-pyrrole nitrogens is 1. The lowest BCUT2D eigenvalue weighted by Gasteiger charge is -2.27. The van der Waals surface area contributed by atoms with Crippen molar-refractivity contribution in [1.82, 2.24) is 25.5 Å². The van der Waals surface area contributed by atoms with Crippen molar-refractivity contribution in [2.24, 2.45) is 5.92 Å². The third-order valence-electron chi connectivity index (χ3n) is 8.08. The van der Waals surface area contributed by atoms with Crippen molar-refractivity contribution in [3.63, 3.8) is 0 Å². The lowest BCUT2D eigenvalue weighted by Crippen LogP contribution is -2.52. The fourth-order valence-electron chi connectivity index (χ4n) is 5.82. The van der Waals surface area contributed by atoms with E-state index in [2.05, 4.69) is 20.6 Å². The number of urea groups is 1. The van der Waals surface area contributed by atoms with Gasteiger partial charge < -0.3 is 29.7 Å². The van der Waals surface area contributed by atoms with Crippen LogP contribution >= 0.6 is 0 Å². The molecule has 0 aliphatic carbocycles. The van der Waals surface area contributed by atoms with Gasteiger partial charge in [0.05, 0.1) is 6.61 Å². The number of amides is 3. The van der Waals surface area contributed by atoms with Gasteiger partial charge in [-0.25, -0.2) is 14.6 Å². The molecule has 3 heterocycles. The predicted molar refractivity (Wildman–Crippen MR) is 173 cm³/mol. The first-order chi connectivity index (χ1) is 21.8. The predicted octanol–water partition coefficient (Wildman–Crippen LogP) is 6.40. The quantitative estimate of drug-likeness (QED) is 0.168. The second kappa shape index (κ2) is 14.9. The Morgan fingerprint density at radius 1 is 0.978 bits per heavy atom. The number of likely N-dealkylation sites (tertiary alicyclic amines) is 1. The van der Waals surface area contributed by atoms with Gasteiger partial charge in [0.2, 0.25) is 11.8 Å². The molecule has 238 valence electrons. The number of esters is 1. The minimum Gasteiger partial charge on any atom is -0.461 e. The number of carbonyl (C=O) groups is 3. The van der Waals surface area contributed by atoms with E-state index in [4.69, 9.17) is 9.15 Å². The average Bonchev–Trinajstić information content (AvgIpc) is 3.56. The van der Waals surface area contributed by atoms with Crippen LogP contribution in [-0.4, -0.2) is 58.5 Å². The van der Waals surface area contributed by atoms with E-state index in [1.807, 2.05) is 79.5 Å². The molecule has 3 amide bonds. The molecular weight excluding hydrogens is 570 g/mol. The van der Waals surface area contributed by atoms with Crippen molar-refractivity contribution < 1.29 is 23.5 Å². The van der Waals surface area contributed by atoms with E-state index < -0.39 is 18.1 Å². The number of benzene rings is 2. The molecule has 1 fully saturated rings. The van der Waals surface area contributed by atoms with Crippen LogP contribution in [0.5, 0.6) is 0 Å². The maximum absolute atomic E-state index is 14.0. The molecule has 0 unspecified atom stereocenters. The van der Waals surface area contributed by atoms with Crippen LogP contribution in [0.25, 0.3) is 22.2 Å². The Kier molecular flexibility index (Phi) is 10.5. The minimum absolute atomic E-state index is 0.0458. The number of oxazole rings is 1. The maximum Gasteiger partial charge on any atom is 0.360 e. The first-order valence-electron chi connectivity index (χ1n) is 16.0. The summed E-state index contributed by atoms with van der Waals surface area (Å²) in [5.74, 6) is -0.341. The molecule has 10 heteroatoms. The minimum atomic E-state index is -0.765. The summed E-state index contributed by atoms with van der Waals surface area (Å²) >= 11 is 0. The van der Waals surface area contributed by atoms with Gasteiger partial charge in [-0.1, -0.05) is 75.2 Å². The van der Waals surface area contributed by atoms with Crippen LogP contribution in [0.1, 0.15) is 80.9 Å². The fraction of sp³-hybridized carbons (Fsp3) is 0.429. The lowest BCUT2D eigenvalue weighted by atomic mass is 10.0. The first-order valence-corrected chi connectivity index (χ1v) is 16.0. The number of ether oxygens (including phenoxy) is 1. The van der Waals surface area contributed by atoms with E-state index in [9.17, 15) is 14.4 Å². The molecule has 1 aliphatic heterocycles. The Bertz CT molecular complexity index is 1590. The topological polar surface area (TPSA) is 130 Å². The highest BCUT2D eigenvalue weighted by molar-refractivity contribution is 5.94. The summed E-state index contributed by atoms with van der Waals surface area (Å²) in [7, 11) is 0. The van der Waals surface area contributed by atoms with Crippen molar-refractivity contribution in [3.05, 3.63) is 77.9 Å². The highest BCUT2D eigenvalue weighted by Crippen LogP contribution is 2.31. The molecule has 2 atom stereocenters. The summed E-state index contributed by atoms with van der Waals surface area (Å²) in [6, 6.07) is 15.4. The second-order valence-corrected chi connectivity index (χ2v) is 12.0. The Labute approximate surface area is 263 Å². The summed E-state index contributed by atoms with van der Waals surface area (Å²) in [4.78, 5) is 50.1. The van der Waals surface area contributed by atoms with Gasteiger partial charge in [0.15, 0.2) is 11.5 Å². The number of rotatable bonds is 11. The van der Waals surface area contributed by atoms with Gasteiger partial charge in [-0.05, 0) is 43.7 Å². The summed E-state index contributed by atoms with van der Waals surface area (Å²) in [5.41, 5.74) is 2.62. The highest BCUT2D eigenvalue weighted by atomic mass is 16.5. The third kappa shape index (κ3) is 7.92. The van der Waals surface area contributed by atoms with Crippen LogP contribution in [0, 0.1) is 5.92 Å². The van der Waals surface area contributed by atoms with E-state index in [1.165, 1.54) is 0 Å². The molecule has 1 saturated heterocycles. The molecular formula is C35H43N5O5. The summed E-state index contributed by atoms with van der Waals surface area (Å²) in [6.07, 6.45) is 6.81. The van der Waals surface area contributed by atoms with E-state index in [0.717, 1.165) is 42.1 Å². The van der Waals surface area contributed by atoms with Crippen LogP contribution in [-0.2, 0) is 16.0 Å². The number of aromatic amines is 1. The number of hydrogen-bond donors (Lipinski definition) is 3. The van der Waals surface area contributed by atoms with Crippen LogP contribution < -0.4 is 10.6 Å². The van der Waals surface area contributed by atoms with Crippen molar-refractivity contribution in [1.29, 1.82) is 0 Å². The van der Waals surface area contributed by atoms with E-state index in [0.29, 0.717) is 31.5 Å². The monoisotopic (exact) mass is 613 g/mol. The van der Waals surface area contributed by atoms with Crippen LogP contribution in [0.2, 0.25) is 0 Å². The van der Waals surface area contributed by atoms with Gasteiger partial charge in [-0.15, -0.1) is 0 Å². The molecule has 0 spiro atoms. The number of para-hydroxylation sites is 1. The van der Waals surface area contributed by atoms with Gasteiger partial charge in [0, 0.05) is 42.2 Å². The van der Waals surface area contributed by atoms with Gasteiger partial charge in [0.25, 0.3) is 0 Å². The number of aromatic nitrogens is 2. The molecule has 4 aromatic rings. The van der Waals surface area contributed by atoms with Crippen molar-refractivity contribution >= 4 is 28.8 Å². The van der Waals surface area contributed by atoms with Gasteiger partial charge >= 0.3 is 12.0 Å². The first kappa shape index (κ1) is 31.8. The maximum atomic E-state index is 14.0. The molecule has 3 N–H and O–H groups in total. The van der Waals surface area contributed by atoms with Crippen LogP contribution in [0.4, 0.5) is 4.79 Å². The normalized spacial score (nSPS) is 15.0. The third-order valence-corrected chi connectivity index (χ3v) is 8.08. The standard InChI is InChI=1S/C35H43N5O5/c1-4-44-34(42)30-31(24-14-8-7-9-15-24)45-33(39-30)29(21-25-22-36-27-17-11-10-16-26(25)27)37-32(41)28(20-23(2)3)38-35(43)40-18-12-5-6-13-19-40/h7-11,14-17,22-23,28-29,36H,4-6,12-13,18-21H2,1-3H3,(H,37,41)(H,38,43)/t28-,29+/m0/s1. The zero-order valence-corrected chi connectivity index (χ0v) is 26.3. The highest BCUT2D eigenvalue weighted by Gasteiger charge is 2.32. The van der Waals surface area contributed by atoms with Crippen molar-refractivity contribution in [2.45, 2.75) is 71.4 Å². The van der Waals surface area contributed by atoms with Crippen LogP contribution in [0.15, 0.2) is 65.2 Å². The lowest BCUT2D eigenvalue weighted by molar-refractivity contribution is -0.124. The van der Waals surface area contributed by atoms with E-state index >= 15 is 0 Å². The zero-order chi connectivity index (χ0) is 31.8. The number of carbonyl (C=O) groups excluding carboxylic acids is 3. The molecule has 1 aliphatic rings. The summed E-state index contributed by atoms with van der Waals surface area (Å²) in [6.45, 7) is 7.32. The second-order valence-electron chi connectivity index (χ2n) is 12.0. The Balaban J connectivity index is 1.49.